The Balaban J connectivity index is 3.45. The van der Waals surface area contributed by atoms with Gasteiger partial charge in [0.15, 0.2) is 11.5 Å². The molecule has 1 aromatic carbocycles. The summed E-state index contributed by atoms with van der Waals surface area (Å²) in [7, 11) is 0.913. The van der Waals surface area contributed by atoms with E-state index >= 15 is 0 Å². The molecular weight excluding hydrogens is 244 g/mol. The van der Waals surface area contributed by atoms with E-state index in [1.165, 1.54) is 26.4 Å². The summed E-state index contributed by atoms with van der Waals surface area (Å²) in [6.45, 7) is 0.447. The topological polar surface area (TPSA) is 90.7 Å². The Morgan fingerprint density at radius 1 is 1.29 bits per heavy atom. The predicted octanol–water partition coefficient (Wildman–Crippen LogP) is 0.0706. The van der Waals surface area contributed by atoms with E-state index in [4.69, 9.17) is 14.6 Å². The molecule has 17 heavy (non-hydrogen) atoms. The minimum Gasteiger partial charge on any atom is -0.493 e. The van der Waals surface area contributed by atoms with Gasteiger partial charge < -0.3 is 14.8 Å². The van der Waals surface area contributed by atoms with E-state index < -0.39 is 10.0 Å². The Morgan fingerprint density at radius 3 is 2.35 bits per heavy atom. The zero-order valence-corrected chi connectivity index (χ0v) is 10.8. The minimum atomic E-state index is -3.76. The van der Waals surface area contributed by atoms with Gasteiger partial charge in [0.1, 0.15) is 0 Å². The molecule has 0 saturated heterocycles. The number of ether oxygens (including phenoxy) is 2. The van der Waals surface area contributed by atoms with E-state index in [1.807, 2.05) is 0 Å². The maximum atomic E-state index is 11.3. The molecule has 0 aliphatic heterocycles. The quantitative estimate of drug-likeness (QED) is 0.782. The van der Waals surface area contributed by atoms with E-state index in [0.717, 1.165) is 0 Å². The molecule has 0 aliphatic rings. The lowest BCUT2D eigenvalue weighted by Gasteiger charge is -2.14. The number of hydrogen-bond acceptors (Lipinski definition) is 5. The lowest BCUT2D eigenvalue weighted by atomic mass is 10.2. The summed E-state index contributed by atoms with van der Waals surface area (Å²) in [5.41, 5.74) is 0.665. The molecule has 1 rings (SSSR count). The smallest absolute Gasteiger partial charge is 0.238 e. The molecule has 0 bridgehead atoms. The number of rotatable bonds is 5. The molecule has 0 aromatic heterocycles. The number of hydrogen-bond donors (Lipinski definition) is 2. The van der Waals surface area contributed by atoms with Crippen LogP contribution in [0.4, 0.5) is 0 Å². The van der Waals surface area contributed by atoms with Crippen molar-refractivity contribution < 1.29 is 17.9 Å². The maximum Gasteiger partial charge on any atom is 0.238 e. The van der Waals surface area contributed by atoms with Gasteiger partial charge in [0.25, 0.3) is 0 Å². The third kappa shape index (κ3) is 3.09. The fourth-order valence-corrected chi connectivity index (χ4v) is 2.08. The van der Waals surface area contributed by atoms with Crippen LogP contribution in [0.2, 0.25) is 0 Å². The normalized spacial score (nSPS) is 11.3. The zero-order valence-electron chi connectivity index (χ0n) is 9.98. The lowest BCUT2D eigenvalue weighted by molar-refractivity contribution is 0.350. The first-order chi connectivity index (χ1) is 7.93. The zero-order chi connectivity index (χ0) is 13.1. The minimum absolute atomic E-state index is 0.000370. The van der Waals surface area contributed by atoms with Crippen molar-refractivity contribution in [2.75, 3.05) is 21.3 Å². The molecule has 0 unspecified atom stereocenters. The van der Waals surface area contributed by atoms with Crippen LogP contribution in [0.1, 0.15) is 5.56 Å². The maximum absolute atomic E-state index is 11.3. The number of sulfonamides is 1. The molecular formula is C10H16N2O4S. The van der Waals surface area contributed by atoms with Crippen molar-refractivity contribution in [2.45, 2.75) is 11.4 Å². The highest BCUT2D eigenvalue weighted by Crippen LogP contribution is 2.33. The van der Waals surface area contributed by atoms with Gasteiger partial charge in [-0.3, -0.25) is 0 Å². The number of nitrogens with one attached hydrogen (secondary N) is 1. The number of methoxy groups -OCH3 is 2. The molecule has 0 atom stereocenters. The van der Waals surface area contributed by atoms with E-state index in [2.05, 4.69) is 5.32 Å². The summed E-state index contributed by atoms with van der Waals surface area (Å²) in [6.07, 6.45) is 0. The SMILES string of the molecule is CNCc1cc(S(N)(=O)=O)cc(OC)c1OC. The highest BCUT2D eigenvalue weighted by molar-refractivity contribution is 7.89. The standard InChI is InChI=1S/C10H16N2O4S/c1-12-6-7-4-8(17(11,13)14)5-9(15-2)10(7)16-3/h4-5,12H,6H2,1-3H3,(H2,11,13,14). The van der Waals surface area contributed by atoms with Gasteiger partial charge in [-0.2, -0.15) is 0 Å². The van der Waals surface area contributed by atoms with Crippen molar-refractivity contribution in [1.82, 2.24) is 5.32 Å². The number of benzene rings is 1. The van der Waals surface area contributed by atoms with Crippen molar-refractivity contribution in [2.24, 2.45) is 5.14 Å². The van der Waals surface area contributed by atoms with E-state index in [9.17, 15) is 8.42 Å². The summed E-state index contributed by atoms with van der Waals surface area (Å²) in [5.74, 6) is 0.832. The second kappa shape index (κ2) is 5.35. The van der Waals surface area contributed by atoms with Crippen molar-refractivity contribution in [3.8, 4) is 11.5 Å². The number of primary sulfonamides is 1. The van der Waals surface area contributed by atoms with Gasteiger partial charge in [0.2, 0.25) is 10.0 Å². The number of nitrogens with two attached hydrogens (primary N) is 1. The first kappa shape index (κ1) is 13.8. The predicted molar refractivity (Wildman–Crippen MR) is 63.7 cm³/mol. The second-order valence-electron chi connectivity index (χ2n) is 3.39. The van der Waals surface area contributed by atoms with Crippen LogP contribution in [0.25, 0.3) is 0 Å². The molecule has 7 heteroatoms. The van der Waals surface area contributed by atoms with Gasteiger partial charge in [0.05, 0.1) is 19.1 Å². The molecule has 1 aromatic rings. The van der Waals surface area contributed by atoms with Gasteiger partial charge in [-0.05, 0) is 13.1 Å². The van der Waals surface area contributed by atoms with Gasteiger partial charge in [0, 0.05) is 18.2 Å². The van der Waals surface area contributed by atoms with Crippen molar-refractivity contribution in [1.29, 1.82) is 0 Å². The second-order valence-corrected chi connectivity index (χ2v) is 4.95. The fourth-order valence-electron chi connectivity index (χ4n) is 1.50. The van der Waals surface area contributed by atoms with E-state index in [0.29, 0.717) is 23.6 Å². The van der Waals surface area contributed by atoms with Crippen LogP contribution in [0.3, 0.4) is 0 Å². The molecule has 0 radical (unpaired) electrons. The van der Waals surface area contributed by atoms with Crippen LogP contribution in [0.15, 0.2) is 17.0 Å². The first-order valence-electron chi connectivity index (χ1n) is 4.86. The Labute approximate surface area is 101 Å². The third-order valence-corrected chi connectivity index (χ3v) is 3.12. The van der Waals surface area contributed by atoms with Gasteiger partial charge in [-0.15, -0.1) is 0 Å². The summed E-state index contributed by atoms with van der Waals surface area (Å²) >= 11 is 0. The first-order valence-corrected chi connectivity index (χ1v) is 6.41. The molecule has 6 nitrogen and oxygen atoms in total. The Hall–Kier alpha value is -1.31. The summed E-state index contributed by atoms with van der Waals surface area (Å²) in [4.78, 5) is 0.000370. The molecule has 0 aliphatic carbocycles. The summed E-state index contributed by atoms with van der Waals surface area (Å²) in [5, 5.41) is 8.01. The van der Waals surface area contributed by atoms with Gasteiger partial charge in [-0.25, -0.2) is 13.6 Å². The van der Waals surface area contributed by atoms with Gasteiger partial charge >= 0.3 is 0 Å². The average Bonchev–Trinajstić information content (AvgIpc) is 2.27. The third-order valence-electron chi connectivity index (χ3n) is 2.23. The van der Waals surface area contributed by atoms with E-state index in [-0.39, 0.29) is 4.90 Å². The Bertz CT molecular complexity index is 499. The highest BCUT2D eigenvalue weighted by Gasteiger charge is 2.17. The van der Waals surface area contributed by atoms with Crippen molar-refractivity contribution >= 4 is 10.0 Å². The van der Waals surface area contributed by atoms with Crippen LogP contribution in [0, 0.1) is 0 Å². The average molecular weight is 260 g/mol. The van der Waals surface area contributed by atoms with Gasteiger partial charge in [-0.1, -0.05) is 0 Å². The largest absolute Gasteiger partial charge is 0.493 e. The lowest BCUT2D eigenvalue weighted by Crippen LogP contribution is -2.14. The molecule has 0 heterocycles. The van der Waals surface area contributed by atoms with Crippen LogP contribution in [0.5, 0.6) is 11.5 Å². The fraction of sp³-hybridized carbons (Fsp3) is 0.400. The van der Waals surface area contributed by atoms with Crippen LogP contribution in [-0.2, 0) is 16.6 Å². The van der Waals surface area contributed by atoms with Crippen LogP contribution >= 0.6 is 0 Å². The molecule has 0 fully saturated rings. The Morgan fingerprint density at radius 2 is 1.94 bits per heavy atom. The van der Waals surface area contributed by atoms with Crippen molar-refractivity contribution in [3.05, 3.63) is 17.7 Å². The monoisotopic (exact) mass is 260 g/mol. The highest BCUT2D eigenvalue weighted by atomic mass is 32.2. The molecule has 96 valence electrons. The molecule has 0 saturated carbocycles. The Kier molecular flexibility index (Phi) is 4.33. The van der Waals surface area contributed by atoms with E-state index in [1.54, 1.807) is 7.05 Å². The molecule has 0 amide bonds. The summed E-state index contributed by atoms with van der Waals surface area (Å²) in [6, 6.07) is 2.81. The summed E-state index contributed by atoms with van der Waals surface area (Å²) < 4.78 is 32.9. The molecule has 3 N–H and O–H groups in total. The molecule has 0 spiro atoms. The van der Waals surface area contributed by atoms with Crippen molar-refractivity contribution in [3.63, 3.8) is 0 Å². The van der Waals surface area contributed by atoms with Crippen LogP contribution in [-0.4, -0.2) is 29.7 Å². The van der Waals surface area contributed by atoms with Crippen LogP contribution < -0.4 is 19.9 Å².